The highest BCUT2D eigenvalue weighted by molar-refractivity contribution is 7.71. The molecule has 2 aromatic heterocycles. The molecule has 4 aromatic rings. The average molecular weight is 341 g/mol. The molecule has 0 radical (unpaired) electrons. The standard InChI is InChI=1S/C17H13ClN4S/c1-21-17(23)19-16-15(20-21)12-7-3-5-9-14(12)22(16)10-11-6-2-4-8-13(11)18/h2-9H,10H2,1H3. The van der Waals surface area contributed by atoms with Crippen molar-refractivity contribution in [2.24, 2.45) is 7.05 Å². The van der Waals surface area contributed by atoms with Gasteiger partial charge in [-0.1, -0.05) is 48.0 Å². The van der Waals surface area contributed by atoms with E-state index in [9.17, 15) is 0 Å². The van der Waals surface area contributed by atoms with E-state index in [1.165, 1.54) is 0 Å². The van der Waals surface area contributed by atoms with Crippen molar-refractivity contribution in [3.8, 4) is 0 Å². The molecule has 0 saturated carbocycles. The van der Waals surface area contributed by atoms with Gasteiger partial charge in [0, 0.05) is 17.5 Å². The van der Waals surface area contributed by atoms with E-state index in [-0.39, 0.29) is 0 Å². The van der Waals surface area contributed by atoms with Crippen LogP contribution in [0, 0.1) is 4.77 Å². The SMILES string of the molecule is Cn1nc2c3ccccc3n(Cc3ccccc3Cl)c2nc1=S. The Morgan fingerprint density at radius 1 is 1.09 bits per heavy atom. The molecule has 0 aliphatic carbocycles. The van der Waals surface area contributed by atoms with Gasteiger partial charge in [-0.05, 0) is 29.9 Å². The van der Waals surface area contributed by atoms with Crippen LogP contribution in [0.25, 0.3) is 22.1 Å². The Hall–Kier alpha value is -2.24. The lowest BCUT2D eigenvalue weighted by Gasteiger charge is -2.08. The van der Waals surface area contributed by atoms with E-state index in [2.05, 4.69) is 26.8 Å². The van der Waals surface area contributed by atoms with E-state index in [1.54, 1.807) is 4.68 Å². The van der Waals surface area contributed by atoms with Crippen LogP contribution in [-0.2, 0) is 13.6 Å². The summed E-state index contributed by atoms with van der Waals surface area (Å²) < 4.78 is 4.21. The van der Waals surface area contributed by atoms with Gasteiger partial charge in [0.25, 0.3) is 0 Å². The molecular weight excluding hydrogens is 328 g/mol. The number of fused-ring (bicyclic) bond motifs is 3. The third kappa shape index (κ3) is 2.33. The molecule has 0 fully saturated rings. The topological polar surface area (TPSA) is 35.6 Å². The second kappa shape index (κ2) is 5.44. The first-order valence-corrected chi connectivity index (χ1v) is 7.99. The molecule has 2 aromatic carbocycles. The lowest BCUT2D eigenvalue weighted by atomic mass is 10.2. The number of aryl methyl sites for hydroxylation is 1. The summed E-state index contributed by atoms with van der Waals surface area (Å²) in [7, 11) is 1.81. The van der Waals surface area contributed by atoms with Crippen LogP contribution in [0.4, 0.5) is 0 Å². The molecule has 0 unspecified atom stereocenters. The van der Waals surface area contributed by atoms with Crippen molar-refractivity contribution in [3.05, 3.63) is 63.9 Å². The van der Waals surface area contributed by atoms with Crippen molar-refractivity contribution in [2.75, 3.05) is 0 Å². The molecular formula is C17H13ClN4S. The van der Waals surface area contributed by atoms with Gasteiger partial charge in [0.1, 0.15) is 5.52 Å². The number of nitrogens with zero attached hydrogens (tertiary/aromatic N) is 4. The first kappa shape index (κ1) is 14.4. The van der Waals surface area contributed by atoms with Crippen LogP contribution in [0.2, 0.25) is 5.02 Å². The van der Waals surface area contributed by atoms with Crippen LogP contribution in [0.3, 0.4) is 0 Å². The maximum absolute atomic E-state index is 6.33. The summed E-state index contributed by atoms with van der Waals surface area (Å²) >= 11 is 11.6. The number of aromatic nitrogens is 4. The molecule has 0 bridgehead atoms. The molecule has 4 rings (SSSR count). The van der Waals surface area contributed by atoms with E-state index in [4.69, 9.17) is 23.8 Å². The number of rotatable bonds is 2. The molecule has 0 spiro atoms. The van der Waals surface area contributed by atoms with Crippen molar-refractivity contribution in [1.82, 2.24) is 19.3 Å². The molecule has 4 nitrogen and oxygen atoms in total. The highest BCUT2D eigenvalue weighted by Crippen LogP contribution is 2.28. The molecule has 6 heteroatoms. The van der Waals surface area contributed by atoms with Crippen molar-refractivity contribution < 1.29 is 0 Å². The van der Waals surface area contributed by atoms with Crippen LogP contribution in [0.15, 0.2) is 48.5 Å². The highest BCUT2D eigenvalue weighted by atomic mass is 35.5. The van der Waals surface area contributed by atoms with Crippen molar-refractivity contribution in [3.63, 3.8) is 0 Å². The summed E-state index contributed by atoms with van der Waals surface area (Å²) in [6.07, 6.45) is 0. The van der Waals surface area contributed by atoms with Crippen molar-refractivity contribution >= 4 is 45.9 Å². The highest BCUT2D eigenvalue weighted by Gasteiger charge is 2.14. The van der Waals surface area contributed by atoms with Crippen LogP contribution in [-0.4, -0.2) is 19.3 Å². The Morgan fingerprint density at radius 2 is 1.83 bits per heavy atom. The molecule has 0 aliphatic rings. The van der Waals surface area contributed by atoms with Gasteiger partial charge in [-0.15, -0.1) is 0 Å². The maximum Gasteiger partial charge on any atom is 0.217 e. The number of halogens is 1. The minimum absolute atomic E-state index is 0.459. The molecule has 0 aliphatic heterocycles. The van der Waals surface area contributed by atoms with Gasteiger partial charge >= 0.3 is 0 Å². The number of benzene rings is 2. The third-order valence-corrected chi connectivity index (χ3v) is 4.66. The van der Waals surface area contributed by atoms with E-state index >= 15 is 0 Å². The van der Waals surface area contributed by atoms with Gasteiger partial charge in [-0.3, -0.25) is 0 Å². The Kier molecular flexibility index (Phi) is 3.39. The minimum Gasteiger partial charge on any atom is -0.319 e. The van der Waals surface area contributed by atoms with E-state index < -0.39 is 0 Å². The van der Waals surface area contributed by atoms with Gasteiger partial charge in [0.15, 0.2) is 5.65 Å². The first-order chi connectivity index (χ1) is 11.1. The predicted octanol–water partition coefficient (Wildman–Crippen LogP) is 4.35. The Balaban J connectivity index is 2.05. The smallest absolute Gasteiger partial charge is 0.217 e. The quantitative estimate of drug-likeness (QED) is 0.509. The summed E-state index contributed by atoms with van der Waals surface area (Å²) in [5.41, 5.74) is 3.75. The monoisotopic (exact) mass is 340 g/mol. The molecule has 2 heterocycles. The van der Waals surface area contributed by atoms with Gasteiger partial charge < -0.3 is 4.57 Å². The maximum atomic E-state index is 6.33. The van der Waals surface area contributed by atoms with Gasteiger partial charge in [0.2, 0.25) is 4.77 Å². The number of para-hydroxylation sites is 1. The number of hydrogen-bond acceptors (Lipinski definition) is 3. The second-order valence-electron chi connectivity index (χ2n) is 5.38. The van der Waals surface area contributed by atoms with Gasteiger partial charge in [-0.2, -0.15) is 10.1 Å². The molecule has 0 amide bonds. The Bertz CT molecular complexity index is 1100. The Labute approximate surface area is 143 Å². The largest absolute Gasteiger partial charge is 0.319 e. The zero-order valence-electron chi connectivity index (χ0n) is 12.4. The fraction of sp³-hybridized carbons (Fsp3) is 0.118. The summed E-state index contributed by atoms with van der Waals surface area (Å²) in [4.78, 5) is 4.57. The van der Waals surface area contributed by atoms with Crippen molar-refractivity contribution in [2.45, 2.75) is 6.54 Å². The van der Waals surface area contributed by atoms with Gasteiger partial charge in [-0.25, -0.2) is 4.68 Å². The lowest BCUT2D eigenvalue weighted by Crippen LogP contribution is -2.05. The summed E-state index contributed by atoms with van der Waals surface area (Å²) in [6.45, 7) is 0.626. The second-order valence-corrected chi connectivity index (χ2v) is 6.16. The molecule has 0 N–H and O–H groups in total. The van der Waals surface area contributed by atoms with Crippen LogP contribution >= 0.6 is 23.8 Å². The van der Waals surface area contributed by atoms with Crippen LogP contribution in [0.5, 0.6) is 0 Å². The zero-order chi connectivity index (χ0) is 16.0. The summed E-state index contributed by atoms with van der Waals surface area (Å²) in [5, 5.41) is 6.39. The van der Waals surface area contributed by atoms with Crippen LogP contribution in [0.1, 0.15) is 5.56 Å². The normalized spacial score (nSPS) is 11.4. The predicted molar refractivity (Wildman–Crippen MR) is 95.4 cm³/mol. The fourth-order valence-electron chi connectivity index (χ4n) is 2.80. The van der Waals surface area contributed by atoms with E-state index in [0.29, 0.717) is 11.3 Å². The average Bonchev–Trinajstić information content (AvgIpc) is 2.84. The van der Waals surface area contributed by atoms with Crippen LogP contribution < -0.4 is 0 Å². The van der Waals surface area contributed by atoms with Crippen molar-refractivity contribution in [1.29, 1.82) is 0 Å². The minimum atomic E-state index is 0.459. The zero-order valence-corrected chi connectivity index (χ0v) is 14.0. The Morgan fingerprint density at radius 3 is 2.65 bits per heavy atom. The fourth-order valence-corrected chi connectivity index (χ4v) is 3.12. The first-order valence-electron chi connectivity index (χ1n) is 7.21. The molecule has 23 heavy (non-hydrogen) atoms. The van der Waals surface area contributed by atoms with Gasteiger partial charge in [0.05, 0.1) is 12.1 Å². The number of hydrogen-bond donors (Lipinski definition) is 0. The molecule has 114 valence electrons. The lowest BCUT2D eigenvalue weighted by molar-refractivity contribution is 0.714. The third-order valence-electron chi connectivity index (χ3n) is 3.93. The summed E-state index contributed by atoms with van der Waals surface area (Å²) in [6, 6.07) is 16.0. The summed E-state index contributed by atoms with van der Waals surface area (Å²) in [5.74, 6) is 0. The molecule has 0 saturated heterocycles. The van der Waals surface area contributed by atoms with E-state index in [1.807, 2.05) is 43.4 Å². The molecule has 0 atom stereocenters. The van der Waals surface area contributed by atoms with E-state index in [0.717, 1.165) is 32.7 Å².